The van der Waals surface area contributed by atoms with Gasteiger partial charge in [-0.15, -0.1) is 0 Å². The molecule has 6 nitrogen and oxygen atoms in total. The van der Waals surface area contributed by atoms with E-state index in [1.807, 2.05) is 0 Å². The molecule has 0 aliphatic rings. The van der Waals surface area contributed by atoms with Crippen LogP contribution in [0.1, 0.15) is 12.1 Å². The van der Waals surface area contributed by atoms with E-state index >= 15 is 0 Å². The monoisotopic (exact) mass is 342 g/mol. The number of anilines is 2. The highest BCUT2D eigenvalue weighted by molar-refractivity contribution is 6.42. The Balaban J connectivity index is 1.82. The lowest BCUT2D eigenvalue weighted by Crippen LogP contribution is -2.10. The predicted molar refractivity (Wildman–Crippen MR) is 87.7 cm³/mol. The second kappa shape index (κ2) is 7.38. The fourth-order valence-corrected chi connectivity index (χ4v) is 2.14. The molecule has 0 atom stereocenters. The minimum absolute atomic E-state index is 0.126. The quantitative estimate of drug-likeness (QED) is 0.783. The van der Waals surface area contributed by atoms with E-state index in [1.165, 1.54) is 0 Å². The molecule has 0 unspecified atom stereocenters. The molecular weight excluding hydrogens is 327 g/mol. The SMILES string of the molecule is Cc1nc(N)nc(N)c1OCCCOc1cccc(Cl)c1Cl. The topological polar surface area (TPSA) is 96.3 Å². The lowest BCUT2D eigenvalue weighted by molar-refractivity contribution is 0.246. The van der Waals surface area contributed by atoms with Crippen molar-refractivity contribution in [3.05, 3.63) is 33.9 Å². The molecule has 0 aliphatic carbocycles. The second-order valence-electron chi connectivity index (χ2n) is 4.48. The van der Waals surface area contributed by atoms with E-state index in [4.69, 9.17) is 44.1 Å². The van der Waals surface area contributed by atoms with Crippen LogP contribution in [0, 0.1) is 6.92 Å². The molecule has 2 aromatic rings. The minimum Gasteiger partial charge on any atom is -0.492 e. The number of nitrogen functional groups attached to an aromatic ring is 2. The maximum Gasteiger partial charge on any atom is 0.222 e. The summed E-state index contributed by atoms with van der Waals surface area (Å²) in [6.45, 7) is 2.58. The van der Waals surface area contributed by atoms with Crippen LogP contribution >= 0.6 is 23.2 Å². The van der Waals surface area contributed by atoms with Gasteiger partial charge in [-0.2, -0.15) is 4.98 Å². The van der Waals surface area contributed by atoms with Gasteiger partial charge in [0.1, 0.15) is 10.8 Å². The fraction of sp³-hybridized carbons (Fsp3) is 0.286. The molecule has 0 spiro atoms. The first-order valence-corrected chi connectivity index (χ1v) is 7.34. The minimum atomic E-state index is 0.126. The van der Waals surface area contributed by atoms with Crippen molar-refractivity contribution in [1.29, 1.82) is 0 Å². The summed E-state index contributed by atoms with van der Waals surface area (Å²) >= 11 is 11.9. The molecule has 118 valence electrons. The number of nitrogens with zero attached hydrogens (tertiary/aromatic N) is 2. The first-order valence-electron chi connectivity index (χ1n) is 6.58. The van der Waals surface area contributed by atoms with Gasteiger partial charge in [0.05, 0.1) is 23.9 Å². The molecule has 22 heavy (non-hydrogen) atoms. The third-order valence-corrected chi connectivity index (χ3v) is 3.59. The van der Waals surface area contributed by atoms with Crippen LogP contribution in [0.2, 0.25) is 10.0 Å². The first kappa shape index (κ1) is 16.5. The number of benzene rings is 1. The Labute approximate surface area is 138 Å². The second-order valence-corrected chi connectivity index (χ2v) is 5.27. The molecule has 0 radical (unpaired) electrons. The van der Waals surface area contributed by atoms with Gasteiger partial charge in [-0.1, -0.05) is 29.3 Å². The molecule has 0 bridgehead atoms. The number of hydrogen-bond acceptors (Lipinski definition) is 6. The number of aromatic nitrogens is 2. The van der Waals surface area contributed by atoms with Crippen LogP contribution in [0.5, 0.6) is 11.5 Å². The van der Waals surface area contributed by atoms with Crippen molar-refractivity contribution in [3.63, 3.8) is 0 Å². The van der Waals surface area contributed by atoms with Crippen molar-refractivity contribution in [1.82, 2.24) is 9.97 Å². The Kier molecular flexibility index (Phi) is 5.51. The Morgan fingerprint density at radius 2 is 1.82 bits per heavy atom. The smallest absolute Gasteiger partial charge is 0.222 e. The van der Waals surface area contributed by atoms with Gasteiger partial charge in [-0.25, -0.2) is 4.98 Å². The van der Waals surface area contributed by atoms with Gasteiger partial charge in [-0.3, -0.25) is 0 Å². The lowest BCUT2D eigenvalue weighted by atomic mass is 10.3. The zero-order valence-electron chi connectivity index (χ0n) is 12.0. The van der Waals surface area contributed by atoms with Crippen LogP contribution in [0.4, 0.5) is 11.8 Å². The summed E-state index contributed by atoms with van der Waals surface area (Å²) in [5.74, 6) is 1.33. The number of aryl methyl sites for hydroxylation is 1. The molecule has 0 amide bonds. The highest BCUT2D eigenvalue weighted by Crippen LogP contribution is 2.31. The highest BCUT2D eigenvalue weighted by atomic mass is 35.5. The van der Waals surface area contributed by atoms with Crippen molar-refractivity contribution in [2.24, 2.45) is 0 Å². The number of halogens is 2. The van der Waals surface area contributed by atoms with Crippen LogP contribution in [-0.4, -0.2) is 23.2 Å². The van der Waals surface area contributed by atoms with E-state index in [0.717, 1.165) is 0 Å². The first-order chi connectivity index (χ1) is 10.5. The lowest BCUT2D eigenvalue weighted by Gasteiger charge is -2.12. The van der Waals surface area contributed by atoms with Crippen molar-refractivity contribution in [2.45, 2.75) is 13.3 Å². The Morgan fingerprint density at radius 1 is 1.09 bits per heavy atom. The van der Waals surface area contributed by atoms with E-state index in [0.29, 0.717) is 46.9 Å². The molecule has 8 heteroatoms. The summed E-state index contributed by atoms with van der Waals surface area (Å²) in [7, 11) is 0. The van der Waals surface area contributed by atoms with Gasteiger partial charge in [0.2, 0.25) is 5.95 Å². The third kappa shape index (κ3) is 4.05. The van der Waals surface area contributed by atoms with E-state index in [-0.39, 0.29) is 11.8 Å². The Hall–Kier alpha value is -1.92. The van der Waals surface area contributed by atoms with E-state index in [9.17, 15) is 0 Å². The normalized spacial score (nSPS) is 10.5. The van der Waals surface area contributed by atoms with Gasteiger partial charge >= 0.3 is 0 Å². The number of ether oxygens (including phenoxy) is 2. The number of nitrogens with two attached hydrogens (primary N) is 2. The van der Waals surface area contributed by atoms with Gasteiger partial charge in [-0.05, 0) is 19.1 Å². The Morgan fingerprint density at radius 3 is 2.55 bits per heavy atom. The summed E-state index contributed by atoms with van der Waals surface area (Å²) in [6.07, 6.45) is 0.631. The van der Waals surface area contributed by atoms with E-state index in [1.54, 1.807) is 25.1 Å². The average molecular weight is 343 g/mol. The summed E-state index contributed by atoms with van der Waals surface area (Å²) in [6, 6.07) is 5.23. The predicted octanol–water partition coefficient (Wildman–Crippen LogP) is 3.10. The third-order valence-electron chi connectivity index (χ3n) is 2.79. The maximum absolute atomic E-state index is 6.03. The van der Waals surface area contributed by atoms with Crippen molar-refractivity contribution < 1.29 is 9.47 Å². The zero-order chi connectivity index (χ0) is 16.1. The molecule has 0 saturated carbocycles. The summed E-state index contributed by atoms with van der Waals surface area (Å²) < 4.78 is 11.1. The van der Waals surface area contributed by atoms with Crippen LogP contribution in [0.25, 0.3) is 0 Å². The highest BCUT2D eigenvalue weighted by Gasteiger charge is 2.09. The van der Waals surface area contributed by atoms with Crippen molar-refractivity contribution in [3.8, 4) is 11.5 Å². The average Bonchev–Trinajstić information content (AvgIpc) is 2.45. The molecule has 0 fully saturated rings. The molecule has 1 aromatic carbocycles. The summed E-state index contributed by atoms with van der Waals surface area (Å²) in [5.41, 5.74) is 11.8. The van der Waals surface area contributed by atoms with Crippen LogP contribution < -0.4 is 20.9 Å². The van der Waals surface area contributed by atoms with Gasteiger partial charge in [0.25, 0.3) is 0 Å². The molecule has 1 heterocycles. The number of hydrogen-bond donors (Lipinski definition) is 2. The van der Waals surface area contributed by atoms with Crippen molar-refractivity contribution in [2.75, 3.05) is 24.7 Å². The van der Waals surface area contributed by atoms with Crippen LogP contribution in [-0.2, 0) is 0 Å². The van der Waals surface area contributed by atoms with Gasteiger partial charge in [0.15, 0.2) is 11.6 Å². The van der Waals surface area contributed by atoms with Crippen molar-refractivity contribution >= 4 is 35.0 Å². The van der Waals surface area contributed by atoms with Gasteiger partial charge in [0, 0.05) is 6.42 Å². The largest absolute Gasteiger partial charge is 0.492 e. The fourth-order valence-electron chi connectivity index (χ4n) is 1.80. The Bertz CT molecular complexity index is 644. The van der Waals surface area contributed by atoms with E-state index in [2.05, 4.69) is 9.97 Å². The maximum atomic E-state index is 6.03. The zero-order valence-corrected chi connectivity index (χ0v) is 13.5. The number of rotatable bonds is 6. The van der Waals surface area contributed by atoms with Gasteiger partial charge < -0.3 is 20.9 Å². The molecule has 0 aliphatic heterocycles. The summed E-state index contributed by atoms with van der Waals surface area (Å²) in [4.78, 5) is 7.86. The summed E-state index contributed by atoms with van der Waals surface area (Å²) in [5, 5.41) is 0.856. The standard InChI is InChI=1S/C14H16Cl2N4O2/c1-8-12(13(17)20-14(18)19-8)22-7-3-6-21-10-5-2-4-9(15)11(10)16/h2,4-5H,3,6-7H2,1H3,(H4,17,18,19,20). The molecule has 0 saturated heterocycles. The molecule has 1 aromatic heterocycles. The molecule has 4 N–H and O–H groups in total. The van der Waals surface area contributed by atoms with Crippen LogP contribution in [0.15, 0.2) is 18.2 Å². The molecule has 2 rings (SSSR count). The van der Waals surface area contributed by atoms with E-state index < -0.39 is 0 Å². The van der Waals surface area contributed by atoms with Crippen LogP contribution in [0.3, 0.4) is 0 Å². The molecular formula is C14H16Cl2N4O2.